The molecule has 0 aliphatic rings. The predicted octanol–water partition coefficient (Wildman–Crippen LogP) is 2.23. The van der Waals surface area contributed by atoms with Gasteiger partial charge in [-0.3, -0.25) is 14.9 Å². The third-order valence-corrected chi connectivity index (χ3v) is 2.72. The fraction of sp³-hybridized carbons (Fsp3) is 0.300. The Balaban J connectivity index is 3.02. The van der Waals surface area contributed by atoms with E-state index in [1.165, 1.54) is 12.1 Å². The van der Waals surface area contributed by atoms with Crippen molar-refractivity contribution in [1.82, 2.24) is 0 Å². The second kappa shape index (κ2) is 6.31. The topological polar surface area (TPSA) is 81.5 Å². The molecule has 0 aliphatic carbocycles. The Morgan fingerprint density at radius 1 is 1.59 bits per heavy atom. The molecule has 0 saturated carbocycles. The molecule has 0 fully saturated rings. The van der Waals surface area contributed by atoms with Gasteiger partial charge in [0.1, 0.15) is 0 Å². The van der Waals surface area contributed by atoms with Crippen LogP contribution in [-0.4, -0.2) is 31.5 Å². The van der Waals surface area contributed by atoms with Crippen LogP contribution in [0.2, 0.25) is 0 Å². The van der Waals surface area contributed by atoms with E-state index in [4.69, 9.17) is 4.74 Å². The first-order valence-electron chi connectivity index (χ1n) is 4.76. The lowest BCUT2D eigenvalue weighted by molar-refractivity contribution is -0.385. The maximum atomic E-state index is 10.8. The summed E-state index contributed by atoms with van der Waals surface area (Å²) >= 11 is 3.24. The minimum Gasteiger partial charge on any atom is -0.383 e. The lowest BCUT2D eigenvalue weighted by Gasteiger charge is -2.08. The van der Waals surface area contributed by atoms with Gasteiger partial charge in [0.25, 0.3) is 5.69 Å². The Morgan fingerprint density at radius 3 is 2.82 bits per heavy atom. The molecule has 0 aromatic heterocycles. The summed E-state index contributed by atoms with van der Waals surface area (Å²) in [5.74, 6) is 0. The summed E-state index contributed by atoms with van der Waals surface area (Å²) in [6, 6.07) is 2.74. The van der Waals surface area contributed by atoms with Crippen molar-refractivity contribution < 1.29 is 14.5 Å². The molecule has 1 aromatic carbocycles. The molecule has 0 heterocycles. The number of nitro groups is 1. The molecule has 0 bridgehead atoms. The van der Waals surface area contributed by atoms with Crippen molar-refractivity contribution in [2.45, 2.75) is 0 Å². The van der Waals surface area contributed by atoms with Gasteiger partial charge in [-0.2, -0.15) is 0 Å². The van der Waals surface area contributed by atoms with Gasteiger partial charge >= 0.3 is 0 Å². The van der Waals surface area contributed by atoms with E-state index in [-0.39, 0.29) is 11.3 Å². The lowest BCUT2D eigenvalue weighted by atomic mass is 10.2. The summed E-state index contributed by atoms with van der Waals surface area (Å²) in [7, 11) is 1.56. The smallest absolute Gasteiger partial charge is 0.282 e. The summed E-state index contributed by atoms with van der Waals surface area (Å²) < 4.78 is 5.46. The van der Waals surface area contributed by atoms with Crippen molar-refractivity contribution in [3.63, 3.8) is 0 Å². The molecular weight excluding hydrogens is 292 g/mol. The van der Waals surface area contributed by atoms with Crippen molar-refractivity contribution in [3.05, 3.63) is 32.3 Å². The van der Waals surface area contributed by atoms with Crippen molar-refractivity contribution >= 4 is 33.6 Å². The fourth-order valence-corrected chi connectivity index (χ4v) is 1.75. The normalized spacial score (nSPS) is 10.0. The van der Waals surface area contributed by atoms with Crippen molar-refractivity contribution in [1.29, 1.82) is 0 Å². The molecule has 1 rings (SSSR count). The Hall–Kier alpha value is -1.47. The SMILES string of the molecule is COCCNc1cc([N+](=O)[O-])c(C=O)cc1Br. The number of rotatable bonds is 6. The molecular formula is C10H11BrN2O4. The zero-order valence-electron chi connectivity index (χ0n) is 9.10. The monoisotopic (exact) mass is 302 g/mol. The van der Waals surface area contributed by atoms with Gasteiger partial charge in [-0.15, -0.1) is 0 Å². The van der Waals surface area contributed by atoms with Crippen LogP contribution in [0.25, 0.3) is 0 Å². The molecule has 92 valence electrons. The minimum atomic E-state index is -0.586. The number of benzene rings is 1. The fourth-order valence-electron chi connectivity index (χ4n) is 1.25. The number of nitrogens with one attached hydrogen (secondary N) is 1. The summed E-state index contributed by atoms with van der Waals surface area (Å²) in [6.45, 7) is 1.00. The Bertz CT molecular complexity index is 437. The number of carbonyl (C=O) groups excluding carboxylic acids is 1. The standard InChI is InChI=1S/C10H11BrN2O4/c1-17-3-2-12-9-5-10(13(15)16)7(6-14)4-8(9)11/h4-6,12H,2-3H2,1H3. The Kier molecular flexibility index (Phi) is 5.05. The first-order valence-corrected chi connectivity index (χ1v) is 5.55. The maximum absolute atomic E-state index is 10.8. The van der Waals surface area contributed by atoms with Gasteiger partial charge in [0.15, 0.2) is 6.29 Å². The van der Waals surface area contributed by atoms with Crippen LogP contribution in [0, 0.1) is 10.1 Å². The number of carbonyl (C=O) groups is 1. The number of aldehydes is 1. The van der Waals surface area contributed by atoms with Crippen LogP contribution in [0.4, 0.5) is 11.4 Å². The van der Waals surface area contributed by atoms with Gasteiger partial charge in [-0.1, -0.05) is 0 Å². The van der Waals surface area contributed by atoms with E-state index in [0.717, 1.165) is 0 Å². The molecule has 0 saturated heterocycles. The maximum Gasteiger partial charge on any atom is 0.282 e. The van der Waals surface area contributed by atoms with Crippen molar-refractivity contribution in [3.8, 4) is 0 Å². The van der Waals surface area contributed by atoms with E-state index in [2.05, 4.69) is 21.2 Å². The lowest BCUT2D eigenvalue weighted by Crippen LogP contribution is -2.08. The molecule has 7 heteroatoms. The second-order valence-electron chi connectivity index (χ2n) is 3.19. The highest BCUT2D eigenvalue weighted by Gasteiger charge is 2.16. The average molecular weight is 303 g/mol. The zero-order chi connectivity index (χ0) is 12.8. The van der Waals surface area contributed by atoms with Crippen LogP contribution in [0.3, 0.4) is 0 Å². The van der Waals surface area contributed by atoms with Gasteiger partial charge in [0, 0.05) is 24.2 Å². The number of anilines is 1. The van der Waals surface area contributed by atoms with Gasteiger partial charge < -0.3 is 10.1 Å². The summed E-state index contributed by atoms with van der Waals surface area (Å²) in [6.07, 6.45) is 0.460. The molecule has 0 aliphatic heterocycles. The first-order chi connectivity index (χ1) is 8.10. The predicted molar refractivity (Wildman–Crippen MR) is 66.5 cm³/mol. The number of nitrogens with zero attached hydrogens (tertiary/aromatic N) is 1. The van der Waals surface area contributed by atoms with E-state index in [0.29, 0.717) is 29.6 Å². The molecule has 1 N–H and O–H groups in total. The third kappa shape index (κ3) is 3.50. The quantitative estimate of drug-likeness (QED) is 0.377. The van der Waals surface area contributed by atoms with E-state index in [1.807, 2.05) is 0 Å². The molecule has 0 unspecified atom stereocenters. The summed E-state index contributed by atoms with van der Waals surface area (Å²) in [5, 5.41) is 13.7. The molecule has 0 amide bonds. The van der Waals surface area contributed by atoms with Crippen LogP contribution in [0.5, 0.6) is 0 Å². The number of ether oxygens (including phenoxy) is 1. The highest BCUT2D eigenvalue weighted by Crippen LogP contribution is 2.30. The summed E-state index contributed by atoms with van der Waals surface area (Å²) in [5.41, 5.74) is 0.377. The van der Waals surface area contributed by atoms with E-state index in [9.17, 15) is 14.9 Å². The van der Waals surface area contributed by atoms with E-state index in [1.54, 1.807) is 7.11 Å². The number of hydrogen-bond acceptors (Lipinski definition) is 5. The molecule has 0 atom stereocenters. The number of halogens is 1. The van der Waals surface area contributed by atoms with Gasteiger partial charge in [0.05, 0.1) is 22.8 Å². The minimum absolute atomic E-state index is 0.0409. The van der Waals surface area contributed by atoms with Gasteiger partial charge in [-0.05, 0) is 22.0 Å². The van der Waals surface area contributed by atoms with E-state index < -0.39 is 4.92 Å². The Labute approximate surface area is 106 Å². The largest absolute Gasteiger partial charge is 0.383 e. The Morgan fingerprint density at radius 2 is 2.29 bits per heavy atom. The number of nitro benzene ring substituents is 1. The summed E-state index contributed by atoms with van der Waals surface area (Å²) in [4.78, 5) is 20.9. The first kappa shape index (κ1) is 13.6. The third-order valence-electron chi connectivity index (χ3n) is 2.06. The van der Waals surface area contributed by atoms with Crippen molar-refractivity contribution in [2.75, 3.05) is 25.6 Å². The van der Waals surface area contributed by atoms with Crippen LogP contribution < -0.4 is 5.32 Å². The number of hydrogen-bond donors (Lipinski definition) is 1. The van der Waals surface area contributed by atoms with Crippen LogP contribution in [-0.2, 0) is 4.74 Å². The van der Waals surface area contributed by atoms with Crippen LogP contribution >= 0.6 is 15.9 Å². The molecule has 0 radical (unpaired) electrons. The molecule has 17 heavy (non-hydrogen) atoms. The van der Waals surface area contributed by atoms with Gasteiger partial charge in [-0.25, -0.2) is 0 Å². The molecule has 6 nitrogen and oxygen atoms in total. The molecule has 1 aromatic rings. The van der Waals surface area contributed by atoms with Crippen LogP contribution in [0.15, 0.2) is 16.6 Å². The number of methoxy groups -OCH3 is 1. The van der Waals surface area contributed by atoms with Crippen molar-refractivity contribution in [2.24, 2.45) is 0 Å². The molecule has 0 spiro atoms. The highest BCUT2D eigenvalue weighted by molar-refractivity contribution is 9.10. The van der Waals surface area contributed by atoms with Gasteiger partial charge in [0.2, 0.25) is 0 Å². The average Bonchev–Trinajstić information content (AvgIpc) is 2.30. The van der Waals surface area contributed by atoms with E-state index >= 15 is 0 Å². The second-order valence-corrected chi connectivity index (χ2v) is 4.04. The zero-order valence-corrected chi connectivity index (χ0v) is 10.7. The van der Waals surface area contributed by atoms with Crippen LogP contribution in [0.1, 0.15) is 10.4 Å². The highest BCUT2D eigenvalue weighted by atomic mass is 79.9.